The van der Waals surface area contributed by atoms with Crippen LogP contribution in [0.3, 0.4) is 0 Å². The van der Waals surface area contributed by atoms with E-state index in [0.29, 0.717) is 5.02 Å². The first-order chi connectivity index (χ1) is 6.54. The molecule has 0 fully saturated rings. The van der Waals surface area contributed by atoms with E-state index in [0.717, 1.165) is 13.6 Å². The molecule has 1 rings (SSSR count). The van der Waals surface area contributed by atoms with Gasteiger partial charge in [-0.3, -0.25) is 4.79 Å². The normalized spacial score (nSPS) is 10.0. The van der Waals surface area contributed by atoms with Crippen molar-refractivity contribution in [2.24, 2.45) is 0 Å². The Balaban J connectivity index is 2.95. The summed E-state index contributed by atoms with van der Waals surface area (Å²) >= 11 is 11.4. The number of methoxy groups -OCH3 is 1. The molecule has 0 aliphatic rings. The van der Waals surface area contributed by atoms with Gasteiger partial charge >= 0.3 is 5.97 Å². The van der Waals surface area contributed by atoms with E-state index in [1.54, 1.807) is 6.07 Å². The Morgan fingerprint density at radius 1 is 1.64 bits per heavy atom. The molecule has 0 amide bonds. The fourth-order valence-electron chi connectivity index (χ4n) is 0.949. The van der Waals surface area contributed by atoms with E-state index >= 15 is 0 Å². The Morgan fingerprint density at radius 3 is 2.79 bits per heavy atom. The van der Waals surface area contributed by atoms with Crippen LogP contribution < -0.4 is 0 Å². The SMILES string of the molecule is COC(=O)Cc1cc(Cl)c(Br)c(I)c1. The molecule has 0 aliphatic carbocycles. The number of hydrogen-bond donors (Lipinski definition) is 0. The number of carbonyl (C=O) groups excluding carboxylic acids is 1. The third-order valence-electron chi connectivity index (χ3n) is 1.62. The fraction of sp³-hybridized carbons (Fsp3) is 0.222. The highest BCUT2D eigenvalue weighted by atomic mass is 127. The molecule has 14 heavy (non-hydrogen) atoms. The molecule has 0 aromatic heterocycles. The lowest BCUT2D eigenvalue weighted by molar-refractivity contribution is -0.139. The second kappa shape index (κ2) is 5.32. The maximum absolute atomic E-state index is 11.0. The van der Waals surface area contributed by atoms with Crippen molar-refractivity contribution in [3.05, 3.63) is 30.8 Å². The van der Waals surface area contributed by atoms with Gasteiger partial charge in [0.1, 0.15) is 0 Å². The Morgan fingerprint density at radius 2 is 2.29 bits per heavy atom. The Kier molecular flexibility index (Phi) is 4.66. The molecule has 0 aliphatic heterocycles. The molecule has 0 radical (unpaired) electrons. The molecule has 1 aromatic rings. The third kappa shape index (κ3) is 3.10. The Bertz CT molecular complexity index is 345. The van der Waals surface area contributed by atoms with Gasteiger partial charge in [0.15, 0.2) is 0 Å². The van der Waals surface area contributed by atoms with Gasteiger partial charge in [0.25, 0.3) is 0 Å². The van der Waals surface area contributed by atoms with Gasteiger partial charge < -0.3 is 4.74 Å². The van der Waals surface area contributed by atoms with E-state index in [2.05, 4.69) is 43.3 Å². The lowest BCUT2D eigenvalue weighted by Gasteiger charge is -2.04. The summed E-state index contributed by atoms with van der Waals surface area (Å²) in [7, 11) is 1.37. The zero-order valence-corrected chi connectivity index (χ0v) is 11.8. The molecule has 0 unspecified atom stereocenters. The van der Waals surface area contributed by atoms with Gasteiger partial charge in [-0.25, -0.2) is 0 Å². The van der Waals surface area contributed by atoms with Gasteiger partial charge in [-0.1, -0.05) is 11.6 Å². The molecule has 1 aromatic carbocycles. The van der Waals surface area contributed by atoms with Crippen molar-refractivity contribution in [1.29, 1.82) is 0 Å². The van der Waals surface area contributed by atoms with E-state index in [1.807, 2.05) is 6.07 Å². The van der Waals surface area contributed by atoms with Crippen molar-refractivity contribution in [3.63, 3.8) is 0 Å². The minimum atomic E-state index is -0.265. The summed E-state index contributed by atoms with van der Waals surface area (Å²) in [5, 5.41) is 0.607. The van der Waals surface area contributed by atoms with Crippen LogP contribution in [0.1, 0.15) is 5.56 Å². The first kappa shape index (κ1) is 12.3. The number of hydrogen-bond acceptors (Lipinski definition) is 2. The van der Waals surface area contributed by atoms with Crippen molar-refractivity contribution in [2.75, 3.05) is 7.11 Å². The monoisotopic (exact) mass is 388 g/mol. The van der Waals surface area contributed by atoms with Crippen molar-refractivity contribution in [2.45, 2.75) is 6.42 Å². The van der Waals surface area contributed by atoms with Crippen LogP contribution in [0, 0.1) is 3.57 Å². The van der Waals surface area contributed by atoms with Crippen molar-refractivity contribution < 1.29 is 9.53 Å². The molecule has 0 heterocycles. The molecule has 2 nitrogen and oxygen atoms in total. The molecule has 5 heteroatoms. The van der Waals surface area contributed by atoms with Crippen molar-refractivity contribution >= 4 is 56.1 Å². The van der Waals surface area contributed by atoms with Crippen LogP contribution in [0.25, 0.3) is 0 Å². The molecular formula is C9H7BrClIO2. The predicted octanol–water partition coefficient (Wildman–Crippen LogP) is 3.42. The van der Waals surface area contributed by atoms with Gasteiger partial charge in [0.2, 0.25) is 0 Å². The minimum Gasteiger partial charge on any atom is -0.469 e. The van der Waals surface area contributed by atoms with Gasteiger partial charge in [-0.05, 0) is 56.2 Å². The standard InChI is InChI=1S/C9H7BrClIO2/c1-14-8(13)4-5-2-6(11)9(10)7(12)3-5/h2-3H,4H2,1H3. The summed E-state index contributed by atoms with van der Waals surface area (Å²) in [4.78, 5) is 11.0. The molecule has 76 valence electrons. The maximum Gasteiger partial charge on any atom is 0.309 e. The number of carbonyl (C=O) groups is 1. The summed E-state index contributed by atoms with van der Waals surface area (Å²) in [5.74, 6) is -0.265. The molecule has 0 atom stereocenters. The first-order valence-corrected chi connectivity index (χ1v) is 5.99. The summed E-state index contributed by atoms with van der Waals surface area (Å²) in [6.07, 6.45) is 0.250. The summed E-state index contributed by atoms with van der Waals surface area (Å²) in [6.45, 7) is 0. The second-order valence-corrected chi connectivity index (χ2v) is 4.99. The van der Waals surface area contributed by atoms with Crippen molar-refractivity contribution in [3.8, 4) is 0 Å². The lowest BCUT2D eigenvalue weighted by atomic mass is 10.1. The van der Waals surface area contributed by atoms with Gasteiger partial charge in [0, 0.05) is 8.04 Å². The van der Waals surface area contributed by atoms with Gasteiger partial charge in [-0.15, -0.1) is 0 Å². The number of halogens is 3. The van der Waals surface area contributed by atoms with E-state index in [1.165, 1.54) is 7.11 Å². The molecule has 0 N–H and O–H groups in total. The number of benzene rings is 1. The predicted molar refractivity (Wildman–Crippen MR) is 67.6 cm³/mol. The van der Waals surface area contributed by atoms with E-state index in [9.17, 15) is 4.79 Å². The second-order valence-electron chi connectivity index (χ2n) is 2.63. The molecule has 0 saturated heterocycles. The Labute approximate surface area is 109 Å². The van der Waals surface area contributed by atoms with Crippen LogP contribution in [-0.4, -0.2) is 13.1 Å². The zero-order valence-electron chi connectivity index (χ0n) is 7.31. The highest BCUT2D eigenvalue weighted by Crippen LogP contribution is 2.29. The van der Waals surface area contributed by atoms with Crippen LogP contribution in [0.5, 0.6) is 0 Å². The summed E-state index contributed by atoms with van der Waals surface area (Å²) in [6, 6.07) is 3.65. The molecule has 0 bridgehead atoms. The molecule has 0 spiro atoms. The quantitative estimate of drug-likeness (QED) is 0.440. The van der Waals surface area contributed by atoms with Gasteiger partial charge in [0.05, 0.1) is 18.6 Å². The summed E-state index contributed by atoms with van der Waals surface area (Å²) < 4.78 is 6.40. The summed E-state index contributed by atoms with van der Waals surface area (Å²) in [5.41, 5.74) is 0.856. The molecular weight excluding hydrogens is 382 g/mol. The fourth-order valence-corrected chi connectivity index (χ4v) is 2.27. The van der Waals surface area contributed by atoms with Crippen LogP contribution in [0.2, 0.25) is 5.02 Å². The topological polar surface area (TPSA) is 26.3 Å². The van der Waals surface area contributed by atoms with Crippen LogP contribution in [0.15, 0.2) is 16.6 Å². The van der Waals surface area contributed by atoms with Crippen LogP contribution in [0.4, 0.5) is 0 Å². The number of rotatable bonds is 2. The zero-order chi connectivity index (χ0) is 10.7. The minimum absolute atomic E-state index is 0.250. The molecule has 0 saturated carbocycles. The lowest BCUT2D eigenvalue weighted by Crippen LogP contribution is -2.04. The average Bonchev–Trinajstić information content (AvgIpc) is 2.14. The average molecular weight is 389 g/mol. The maximum atomic E-state index is 11.0. The van der Waals surface area contributed by atoms with E-state index < -0.39 is 0 Å². The van der Waals surface area contributed by atoms with Crippen LogP contribution >= 0.6 is 50.1 Å². The third-order valence-corrected chi connectivity index (χ3v) is 4.59. The van der Waals surface area contributed by atoms with Crippen molar-refractivity contribution in [1.82, 2.24) is 0 Å². The van der Waals surface area contributed by atoms with Gasteiger partial charge in [-0.2, -0.15) is 0 Å². The largest absolute Gasteiger partial charge is 0.469 e. The first-order valence-electron chi connectivity index (χ1n) is 3.75. The highest BCUT2D eigenvalue weighted by molar-refractivity contribution is 14.1. The number of ether oxygens (including phenoxy) is 1. The Hall–Kier alpha value is 0.190. The van der Waals surface area contributed by atoms with E-state index in [4.69, 9.17) is 11.6 Å². The smallest absolute Gasteiger partial charge is 0.309 e. The highest BCUT2D eigenvalue weighted by Gasteiger charge is 2.08. The van der Waals surface area contributed by atoms with E-state index in [-0.39, 0.29) is 12.4 Å². The number of esters is 1. The van der Waals surface area contributed by atoms with Crippen LogP contribution in [-0.2, 0) is 16.0 Å².